The Labute approximate surface area is 155 Å². The van der Waals surface area contributed by atoms with E-state index < -0.39 is 0 Å². The number of carbonyl (C=O) groups excluding carboxylic acids is 1. The van der Waals surface area contributed by atoms with E-state index in [1.54, 1.807) is 0 Å². The Kier molecular flexibility index (Phi) is 5.03. The summed E-state index contributed by atoms with van der Waals surface area (Å²) < 4.78 is 11.3. The highest BCUT2D eigenvalue weighted by molar-refractivity contribution is 5.94. The molecule has 0 aromatic carbocycles. The zero-order valence-electron chi connectivity index (χ0n) is 15.9. The van der Waals surface area contributed by atoms with Gasteiger partial charge in [-0.15, -0.1) is 0 Å². The molecule has 7 heteroatoms. The Morgan fingerprint density at radius 1 is 1.31 bits per heavy atom. The molecule has 26 heavy (non-hydrogen) atoms. The van der Waals surface area contributed by atoms with Gasteiger partial charge in [-0.05, 0) is 39.2 Å². The van der Waals surface area contributed by atoms with Crippen LogP contribution in [0.1, 0.15) is 35.3 Å². The topological polar surface area (TPSA) is 62.1 Å². The molecular weight excluding hydrogens is 332 g/mol. The third kappa shape index (κ3) is 3.66. The summed E-state index contributed by atoms with van der Waals surface area (Å²) in [6.45, 7) is 9.84. The van der Waals surface area contributed by atoms with Crippen LogP contribution in [0.3, 0.4) is 0 Å². The third-order valence-corrected chi connectivity index (χ3v) is 6.21. The minimum absolute atomic E-state index is 0.0222. The van der Waals surface area contributed by atoms with Crippen molar-refractivity contribution in [1.29, 1.82) is 0 Å². The second-order valence-corrected chi connectivity index (χ2v) is 8.31. The van der Waals surface area contributed by atoms with Crippen LogP contribution in [0.5, 0.6) is 0 Å². The summed E-state index contributed by atoms with van der Waals surface area (Å²) in [5, 5.41) is 3.84. The normalized spacial score (nSPS) is 31.0. The molecule has 3 saturated heterocycles. The maximum atomic E-state index is 12.8. The van der Waals surface area contributed by atoms with Crippen molar-refractivity contribution < 1.29 is 14.1 Å². The highest BCUT2D eigenvalue weighted by Gasteiger charge is 2.45. The number of carbonyl (C=O) groups is 1. The molecule has 3 aliphatic rings. The van der Waals surface area contributed by atoms with Gasteiger partial charge >= 0.3 is 0 Å². The lowest BCUT2D eigenvalue weighted by Gasteiger charge is -2.40. The Balaban J connectivity index is 1.35. The molecule has 3 aliphatic heterocycles. The maximum absolute atomic E-state index is 12.8. The molecule has 4 rings (SSSR count). The monoisotopic (exact) mass is 362 g/mol. The number of ether oxygens (including phenoxy) is 1. The van der Waals surface area contributed by atoms with Gasteiger partial charge in [0.25, 0.3) is 5.91 Å². The second-order valence-electron chi connectivity index (χ2n) is 8.31. The van der Waals surface area contributed by atoms with Crippen molar-refractivity contribution in [2.75, 3.05) is 59.5 Å². The molecule has 0 radical (unpaired) electrons. The molecule has 0 aliphatic carbocycles. The van der Waals surface area contributed by atoms with Gasteiger partial charge in [-0.3, -0.25) is 4.79 Å². The minimum Gasteiger partial charge on any atom is -0.373 e. The van der Waals surface area contributed by atoms with E-state index in [4.69, 9.17) is 9.26 Å². The number of piperazine rings is 1. The summed E-state index contributed by atoms with van der Waals surface area (Å²) in [4.78, 5) is 19.7. The maximum Gasteiger partial charge on any atom is 0.259 e. The number of hydrogen-bond acceptors (Lipinski definition) is 6. The van der Waals surface area contributed by atoms with Gasteiger partial charge in [0.1, 0.15) is 11.8 Å². The molecule has 0 saturated carbocycles. The minimum atomic E-state index is -0.157. The van der Waals surface area contributed by atoms with Gasteiger partial charge in [0.2, 0.25) is 0 Å². The largest absolute Gasteiger partial charge is 0.373 e. The Morgan fingerprint density at radius 3 is 2.85 bits per heavy atom. The van der Waals surface area contributed by atoms with Crippen molar-refractivity contribution in [3.05, 3.63) is 17.5 Å². The van der Waals surface area contributed by atoms with Gasteiger partial charge in [-0.25, -0.2) is 0 Å². The second kappa shape index (κ2) is 7.29. The lowest BCUT2D eigenvalue weighted by molar-refractivity contribution is -0.0451. The third-order valence-electron chi connectivity index (χ3n) is 6.21. The molecule has 1 spiro atoms. The van der Waals surface area contributed by atoms with Crippen LogP contribution >= 0.6 is 0 Å². The zero-order chi connectivity index (χ0) is 18.1. The van der Waals surface area contributed by atoms with Crippen LogP contribution in [0.25, 0.3) is 0 Å². The van der Waals surface area contributed by atoms with E-state index in [1.165, 1.54) is 6.26 Å². The summed E-state index contributed by atoms with van der Waals surface area (Å²) in [6, 6.07) is 0. The molecule has 1 amide bonds. The average Bonchev–Trinajstić information content (AvgIpc) is 3.23. The van der Waals surface area contributed by atoms with Crippen LogP contribution in [0, 0.1) is 12.8 Å². The molecule has 3 fully saturated rings. The molecule has 4 heterocycles. The van der Waals surface area contributed by atoms with Crippen LogP contribution in [0.2, 0.25) is 0 Å². The van der Waals surface area contributed by atoms with Crippen LogP contribution in [0.15, 0.2) is 10.8 Å². The van der Waals surface area contributed by atoms with Gasteiger partial charge in [-0.1, -0.05) is 5.16 Å². The summed E-state index contributed by atoms with van der Waals surface area (Å²) in [5.74, 6) is 0.597. The molecular formula is C19H30N4O3. The highest BCUT2D eigenvalue weighted by atomic mass is 16.5. The van der Waals surface area contributed by atoms with E-state index >= 15 is 0 Å². The molecule has 7 nitrogen and oxygen atoms in total. The number of nitrogens with zero attached hydrogens (tertiary/aromatic N) is 4. The van der Waals surface area contributed by atoms with Crippen LogP contribution in [-0.4, -0.2) is 90.8 Å². The number of likely N-dealkylation sites (tertiary alicyclic amines) is 1. The van der Waals surface area contributed by atoms with Gasteiger partial charge in [0.15, 0.2) is 0 Å². The average molecular weight is 362 g/mol. The lowest BCUT2D eigenvalue weighted by Crippen LogP contribution is -2.50. The van der Waals surface area contributed by atoms with Crippen molar-refractivity contribution in [3.63, 3.8) is 0 Å². The number of aryl methyl sites for hydroxylation is 1. The standard InChI is InChI=1S/C19H30N4O3/c1-15-17(13-26-20-15)18(24)23-5-3-4-19(14-23)10-16(12-25-19)11-22-8-6-21(2)7-9-22/h13,16H,3-12,14H2,1-2H3. The van der Waals surface area contributed by atoms with E-state index in [2.05, 4.69) is 22.0 Å². The fourth-order valence-electron chi connectivity index (χ4n) is 4.68. The van der Waals surface area contributed by atoms with Crippen LogP contribution < -0.4 is 0 Å². The van der Waals surface area contributed by atoms with E-state index in [1.807, 2.05) is 11.8 Å². The van der Waals surface area contributed by atoms with Crippen molar-refractivity contribution >= 4 is 5.91 Å². The number of likely N-dealkylation sites (N-methyl/N-ethyl adjacent to an activating group) is 1. The first kappa shape index (κ1) is 17.9. The zero-order valence-corrected chi connectivity index (χ0v) is 15.9. The highest BCUT2D eigenvalue weighted by Crippen LogP contribution is 2.38. The molecule has 1 aromatic heterocycles. The number of piperidine rings is 1. The SMILES string of the molecule is Cc1nocc1C(=O)N1CCCC2(CC(CN3CCN(C)CC3)CO2)C1. The molecule has 1 aromatic rings. The number of hydrogen-bond donors (Lipinski definition) is 0. The summed E-state index contributed by atoms with van der Waals surface area (Å²) in [5.41, 5.74) is 1.08. The fourth-order valence-corrected chi connectivity index (χ4v) is 4.68. The number of rotatable bonds is 3. The smallest absolute Gasteiger partial charge is 0.259 e. The first-order chi connectivity index (χ1) is 12.5. The molecule has 0 bridgehead atoms. The lowest BCUT2D eigenvalue weighted by atomic mass is 9.86. The van der Waals surface area contributed by atoms with Crippen LogP contribution in [0.4, 0.5) is 0 Å². The molecule has 0 N–H and O–H groups in total. The Bertz CT molecular complexity index is 640. The number of aromatic nitrogens is 1. The molecule has 2 unspecified atom stereocenters. The molecule has 2 atom stereocenters. The first-order valence-corrected chi connectivity index (χ1v) is 9.80. The van der Waals surface area contributed by atoms with Crippen molar-refractivity contribution in [2.45, 2.75) is 31.8 Å². The van der Waals surface area contributed by atoms with E-state index in [0.717, 1.165) is 65.1 Å². The predicted molar refractivity (Wildman–Crippen MR) is 97.1 cm³/mol. The predicted octanol–water partition coefficient (Wildman–Crippen LogP) is 1.24. The van der Waals surface area contributed by atoms with Crippen molar-refractivity contribution in [2.24, 2.45) is 5.92 Å². The summed E-state index contributed by atoms with van der Waals surface area (Å²) in [6.07, 6.45) is 4.58. The van der Waals surface area contributed by atoms with E-state index in [-0.39, 0.29) is 11.5 Å². The van der Waals surface area contributed by atoms with Crippen molar-refractivity contribution in [1.82, 2.24) is 19.9 Å². The van der Waals surface area contributed by atoms with Crippen molar-refractivity contribution in [3.8, 4) is 0 Å². The Morgan fingerprint density at radius 2 is 2.12 bits per heavy atom. The van der Waals surface area contributed by atoms with Gasteiger partial charge < -0.3 is 24.0 Å². The van der Waals surface area contributed by atoms with Gasteiger partial charge in [0.05, 0.1) is 17.9 Å². The number of amides is 1. The van der Waals surface area contributed by atoms with E-state index in [0.29, 0.717) is 23.7 Å². The van der Waals surface area contributed by atoms with Crippen LogP contribution in [-0.2, 0) is 4.74 Å². The summed E-state index contributed by atoms with van der Waals surface area (Å²) >= 11 is 0. The Hall–Kier alpha value is -1.44. The first-order valence-electron chi connectivity index (χ1n) is 9.80. The fraction of sp³-hybridized carbons (Fsp3) is 0.789. The molecule has 144 valence electrons. The summed E-state index contributed by atoms with van der Waals surface area (Å²) in [7, 11) is 2.19. The van der Waals surface area contributed by atoms with Gasteiger partial charge in [-0.2, -0.15) is 0 Å². The van der Waals surface area contributed by atoms with Gasteiger partial charge in [0, 0.05) is 45.8 Å². The van der Waals surface area contributed by atoms with E-state index in [9.17, 15) is 4.79 Å². The quantitative estimate of drug-likeness (QED) is 0.806.